The number of nitrogens with zero attached hydrogens (tertiary/aromatic N) is 3. The molecule has 0 spiro atoms. The number of anilines is 3. The van der Waals surface area contributed by atoms with Crippen molar-refractivity contribution in [1.29, 1.82) is 0 Å². The molecule has 20 heavy (non-hydrogen) atoms. The van der Waals surface area contributed by atoms with Gasteiger partial charge in [-0.05, 0) is 25.5 Å². The number of rotatable bonds is 4. The third-order valence-corrected chi connectivity index (χ3v) is 3.28. The summed E-state index contributed by atoms with van der Waals surface area (Å²) in [6.07, 6.45) is 0.767. The number of aryl methyl sites for hydroxylation is 3. The molecule has 106 valence electrons. The van der Waals surface area contributed by atoms with E-state index in [4.69, 9.17) is 5.84 Å². The van der Waals surface area contributed by atoms with E-state index in [0.717, 1.165) is 23.8 Å². The molecular formula is C15H21N5. The molecule has 1 aromatic carbocycles. The van der Waals surface area contributed by atoms with Crippen molar-refractivity contribution in [2.45, 2.75) is 27.2 Å². The van der Waals surface area contributed by atoms with Gasteiger partial charge in [0, 0.05) is 25.2 Å². The molecule has 0 aliphatic heterocycles. The maximum absolute atomic E-state index is 5.47. The third kappa shape index (κ3) is 2.88. The van der Waals surface area contributed by atoms with Gasteiger partial charge in [0.15, 0.2) is 0 Å². The largest absolute Gasteiger partial charge is 0.329 e. The van der Waals surface area contributed by atoms with Gasteiger partial charge in [0.2, 0.25) is 0 Å². The molecular weight excluding hydrogens is 250 g/mol. The lowest BCUT2D eigenvalue weighted by Crippen LogP contribution is -2.16. The molecule has 5 heteroatoms. The molecule has 1 heterocycles. The van der Waals surface area contributed by atoms with Gasteiger partial charge < -0.3 is 10.3 Å². The average molecular weight is 271 g/mol. The van der Waals surface area contributed by atoms with Crippen molar-refractivity contribution in [3.05, 3.63) is 41.2 Å². The Bertz CT molecular complexity index is 587. The summed E-state index contributed by atoms with van der Waals surface area (Å²) in [7, 11) is 2.00. The van der Waals surface area contributed by atoms with Crippen molar-refractivity contribution in [1.82, 2.24) is 9.97 Å². The maximum atomic E-state index is 5.47. The summed E-state index contributed by atoms with van der Waals surface area (Å²) in [6.45, 7) is 6.21. The first kappa shape index (κ1) is 14.3. The topological polar surface area (TPSA) is 67.1 Å². The Labute approximate surface area is 119 Å². The van der Waals surface area contributed by atoms with Gasteiger partial charge in [0.1, 0.15) is 17.5 Å². The van der Waals surface area contributed by atoms with Crippen LogP contribution >= 0.6 is 0 Å². The third-order valence-electron chi connectivity index (χ3n) is 3.28. The Morgan fingerprint density at radius 3 is 2.55 bits per heavy atom. The quantitative estimate of drug-likeness (QED) is 0.661. The van der Waals surface area contributed by atoms with E-state index in [1.807, 2.05) is 20.0 Å². The van der Waals surface area contributed by atoms with E-state index >= 15 is 0 Å². The molecule has 0 aliphatic carbocycles. The fraction of sp³-hybridized carbons (Fsp3) is 0.333. The second kappa shape index (κ2) is 5.88. The molecule has 0 saturated heterocycles. The second-order valence-electron chi connectivity index (χ2n) is 4.87. The van der Waals surface area contributed by atoms with Gasteiger partial charge >= 0.3 is 0 Å². The highest BCUT2D eigenvalue weighted by molar-refractivity contribution is 5.65. The van der Waals surface area contributed by atoms with E-state index in [9.17, 15) is 0 Å². The minimum atomic E-state index is 0.628. The molecule has 0 bridgehead atoms. The lowest BCUT2D eigenvalue weighted by atomic mass is 10.1. The van der Waals surface area contributed by atoms with Crippen molar-refractivity contribution in [3.63, 3.8) is 0 Å². The molecule has 0 radical (unpaired) electrons. The van der Waals surface area contributed by atoms with Crippen LogP contribution in [0, 0.1) is 13.8 Å². The van der Waals surface area contributed by atoms with E-state index < -0.39 is 0 Å². The van der Waals surface area contributed by atoms with Crippen LogP contribution in [-0.2, 0) is 6.42 Å². The monoisotopic (exact) mass is 271 g/mol. The average Bonchev–Trinajstić information content (AvgIpc) is 2.46. The van der Waals surface area contributed by atoms with Gasteiger partial charge in [-0.25, -0.2) is 15.8 Å². The number of benzene rings is 1. The summed E-state index contributed by atoms with van der Waals surface area (Å²) in [6, 6.07) is 8.21. The summed E-state index contributed by atoms with van der Waals surface area (Å²) in [4.78, 5) is 10.9. The van der Waals surface area contributed by atoms with Crippen LogP contribution in [-0.4, -0.2) is 17.0 Å². The van der Waals surface area contributed by atoms with E-state index in [1.165, 1.54) is 11.1 Å². The van der Waals surface area contributed by atoms with Crippen molar-refractivity contribution >= 4 is 17.3 Å². The van der Waals surface area contributed by atoms with Crippen LogP contribution < -0.4 is 16.2 Å². The van der Waals surface area contributed by atoms with Crippen molar-refractivity contribution in [2.75, 3.05) is 17.4 Å². The van der Waals surface area contributed by atoms with E-state index in [2.05, 4.69) is 52.3 Å². The van der Waals surface area contributed by atoms with E-state index in [-0.39, 0.29) is 0 Å². The van der Waals surface area contributed by atoms with Crippen molar-refractivity contribution in [2.24, 2.45) is 5.84 Å². The van der Waals surface area contributed by atoms with Crippen molar-refractivity contribution in [3.8, 4) is 0 Å². The van der Waals surface area contributed by atoms with Crippen LogP contribution in [0.5, 0.6) is 0 Å². The molecule has 1 aromatic heterocycles. The fourth-order valence-electron chi connectivity index (χ4n) is 2.19. The van der Waals surface area contributed by atoms with Crippen LogP contribution in [0.25, 0.3) is 0 Å². The zero-order valence-corrected chi connectivity index (χ0v) is 12.4. The SMILES string of the molecule is CCc1nc(NN)cc(N(C)c2ccc(C)cc2C)n1. The first-order chi connectivity index (χ1) is 9.55. The molecule has 3 N–H and O–H groups in total. The molecule has 2 rings (SSSR count). The predicted octanol–water partition coefficient (Wildman–Crippen LogP) is 2.71. The molecule has 0 aliphatic rings. The normalized spacial score (nSPS) is 10.4. The molecule has 0 amide bonds. The summed E-state index contributed by atoms with van der Waals surface area (Å²) >= 11 is 0. The van der Waals surface area contributed by atoms with E-state index in [1.54, 1.807) is 0 Å². The van der Waals surface area contributed by atoms with Gasteiger partial charge in [-0.3, -0.25) is 0 Å². The number of aromatic nitrogens is 2. The second-order valence-corrected chi connectivity index (χ2v) is 4.87. The number of nitrogens with one attached hydrogen (secondary N) is 1. The number of nitrogens with two attached hydrogens (primary N) is 1. The molecule has 0 atom stereocenters. The lowest BCUT2D eigenvalue weighted by molar-refractivity contribution is 0.923. The number of hydrogen-bond acceptors (Lipinski definition) is 5. The molecule has 0 fully saturated rings. The summed E-state index contributed by atoms with van der Waals surface area (Å²) in [5, 5.41) is 0. The Balaban J connectivity index is 2.44. The zero-order valence-electron chi connectivity index (χ0n) is 12.4. The Kier molecular flexibility index (Phi) is 4.20. The Hall–Kier alpha value is -2.14. The minimum Gasteiger partial charge on any atom is -0.329 e. The molecule has 5 nitrogen and oxygen atoms in total. The van der Waals surface area contributed by atoms with Gasteiger partial charge in [-0.15, -0.1) is 0 Å². The smallest absolute Gasteiger partial charge is 0.145 e. The minimum absolute atomic E-state index is 0.628. The van der Waals surface area contributed by atoms with Gasteiger partial charge in [-0.2, -0.15) is 0 Å². The molecule has 0 saturated carbocycles. The first-order valence-electron chi connectivity index (χ1n) is 6.70. The Morgan fingerprint density at radius 1 is 1.20 bits per heavy atom. The van der Waals surface area contributed by atoms with Gasteiger partial charge in [0.05, 0.1) is 0 Å². The molecule has 2 aromatic rings. The summed E-state index contributed by atoms with van der Waals surface area (Å²) in [5.41, 5.74) is 6.18. The Morgan fingerprint density at radius 2 is 1.95 bits per heavy atom. The summed E-state index contributed by atoms with van der Waals surface area (Å²) in [5.74, 6) is 7.70. The maximum Gasteiger partial charge on any atom is 0.145 e. The van der Waals surface area contributed by atoms with Crippen LogP contribution in [0.1, 0.15) is 23.9 Å². The van der Waals surface area contributed by atoms with Crippen LogP contribution in [0.2, 0.25) is 0 Å². The highest BCUT2D eigenvalue weighted by atomic mass is 15.3. The zero-order chi connectivity index (χ0) is 14.7. The first-order valence-corrected chi connectivity index (χ1v) is 6.70. The standard InChI is InChI=1S/C15H21N5/c1-5-13-17-14(19-16)9-15(18-13)20(4)12-7-6-10(2)8-11(12)3/h6-9H,5,16H2,1-4H3,(H,17,18,19). The number of hydrogen-bond donors (Lipinski definition) is 2. The lowest BCUT2D eigenvalue weighted by Gasteiger charge is -2.21. The number of nitrogen functional groups attached to an aromatic ring is 1. The predicted molar refractivity (Wildman–Crippen MR) is 83.2 cm³/mol. The van der Waals surface area contributed by atoms with Crippen LogP contribution in [0.4, 0.5) is 17.3 Å². The van der Waals surface area contributed by atoms with Crippen LogP contribution in [0.3, 0.4) is 0 Å². The highest BCUT2D eigenvalue weighted by Gasteiger charge is 2.11. The van der Waals surface area contributed by atoms with Crippen LogP contribution in [0.15, 0.2) is 24.3 Å². The molecule has 0 unspecified atom stereocenters. The van der Waals surface area contributed by atoms with Crippen molar-refractivity contribution < 1.29 is 0 Å². The highest BCUT2D eigenvalue weighted by Crippen LogP contribution is 2.27. The van der Waals surface area contributed by atoms with Gasteiger partial charge in [-0.1, -0.05) is 24.6 Å². The van der Waals surface area contributed by atoms with Gasteiger partial charge in [0.25, 0.3) is 0 Å². The summed E-state index contributed by atoms with van der Waals surface area (Å²) < 4.78 is 0. The van der Waals surface area contributed by atoms with E-state index in [0.29, 0.717) is 5.82 Å². The number of hydrazine groups is 1. The fourth-order valence-corrected chi connectivity index (χ4v) is 2.19.